The van der Waals surface area contributed by atoms with E-state index >= 15 is 0 Å². The maximum atomic E-state index is 13.3. The fourth-order valence-electron chi connectivity index (χ4n) is 4.74. The Balaban J connectivity index is 1.63. The zero-order valence-electron chi connectivity index (χ0n) is 16.9. The third-order valence-electron chi connectivity index (χ3n) is 6.55. The summed E-state index contributed by atoms with van der Waals surface area (Å²) in [7, 11) is 0. The van der Waals surface area contributed by atoms with Gasteiger partial charge in [0, 0.05) is 0 Å². The first kappa shape index (κ1) is 19.4. The van der Waals surface area contributed by atoms with Crippen molar-refractivity contribution in [2.45, 2.75) is 57.5 Å². The number of urea groups is 1. The molecular weight excluding hydrogens is 372 g/mol. The van der Waals surface area contributed by atoms with Crippen LogP contribution >= 0.6 is 0 Å². The predicted molar refractivity (Wildman–Crippen MR) is 107 cm³/mol. The number of carbonyl (C=O) groups excluding carboxylic acids is 4. The van der Waals surface area contributed by atoms with Gasteiger partial charge in [-0.05, 0) is 44.7 Å². The van der Waals surface area contributed by atoms with Crippen molar-refractivity contribution in [3.8, 4) is 0 Å². The first-order chi connectivity index (χ1) is 13.7. The van der Waals surface area contributed by atoms with Gasteiger partial charge in [-0.25, -0.2) is 4.79 Å². The second kappa shape index (κ2) is 6.57. The molecule has 1 aromatic rings. The molecule has 29 heavy (non-hydrogen) atoms. The molecule has 5 amide bonds. The number of imide groups is 1. The van der Waals surface area contributed by atoms with Crippen LogP contribution in [0.1, 0.15) is 46.5 Å². The lowest BCUT2D eigenvalue weighted by Crippen LogP contribution is -2.60. The summed E-state index contributed by atoms with van der Waals surface area (Å²) in [6.07, 6.45) is 3.34. The molecule has 0 unspecified atom stereocenters. The number of anilines is 2. The Bertz CT molecular complexity index is 912. The second-order valence-corrected chi connectivity index (χ2v) is 8.70. The maximum Gasteiger partial charge on any atom is 0.325 e. The molecule has 1 saturated heterocycles. The number of hydrogen-bond acceptors (Lipinski definition) is 4. The van der Waals surface area contributed by atoms with Crippen LogP contribution in [-0.2, 0) is 14.4 Å². The van der Waals surface area contributed by atoms with Gasteiger partial charge in [0.15, 0.2) is 0 Å². The van der Waals surface area contributed by atoms with Crippen molar-refractivity contribution < 1.29 is 19.2 Å². The second-order valence-electron chi connectivity index (χ2n) is 8.70. The van der Waals surface area contributed by atoms with Gasteiger partial charge in [0.25, 0.3) is 5.91 Å². The SMILES string of the molecule is C[C@H]1CCCC[C@@]12NC(=O)N(CC(=O)N1c3ccccc3NC(=O)C1(C)C)C2=O. The smallest absolute Gasteiger partial charge is 0.323 e. The number of fused-ring (bicyclic) bond motifs is 1. The molecular formula is C21H26N4O4. The van der Waals surface area contributed by atoms with E-state index in [0.29, 0.717) is 17.8 Å². The van der Waals surface area contributed by atoms with Gasteiger partial charge in [-0.1, -0.05) is 31.9 Å². The molecule has 0 aromatic heterocycles. The number of benzene rings is 1. The van der Waals surface area contributed by atoms with Crippen LogP contribution in [-0.4, -0.2) is 46.3 Å². The Morgan fingerprint density at radius 3 is 2.62 bits per heavy atom. The number of nitrogens with zero attached hydrogens (tertiary/aromatic N) is 2. The van der Waals surface area contributed by atoms with Crippen LogP contribution in [0.2, 0.25) is 0 Å². The molecule has 8 heteroatoms. The minimum atomic E-state index is -1.15. The van der Waals surface area contributed by atoms with Crippen LogP contribution in [0, 0.1) is 5.92 Å². The molecule has 2 N–H and O–H groups in total. The first-order valence-electron chi connectivity index (χ1n) is 10.1. The van der Waals surface area contributed by atoms with Crippen LogP contribution in [0.4, 0.5) is 16.2 Å². The molecule has 8 nitrogen and oxygen atoms in total. The zero-order valence-corrected chi connectivity index (χ0v) is 16.9. The summed E-state index contributed by atoms with van der Waals surface area (Å²) in [5, 5.41) is 5.67. The molecule has 154 valence electrons. The quantitative estimate of drug-likeness (QED) is 0.747. The van der Waals surface area contributed by atoms with E-state index in [9.17, 15) is 19.2 Å². The van der Waals surface area contributed by atoms with Crippen LogP contribution in [0.15, 0.2) is 24.3 Å². The number of amides is 5. The summed E-state index contributed by atoms with van der Waals surface area (Å²) in [6.45, 7) is 4.86. The number of nitrogens with one attached hydrogen (secondary N) is 2. The molecule has 0 bridgehead atoms. The highest BCUT2D eigenvalue weighted by molar-refractivity contribution is 6.16. The van der Waals surface area contributed by atoms with Crippen LogP contribution < -0.4 is 15.5 Å². The van der Waals surface area contributed by atoms with E-state index in [1.54, 1.807) is 38.1 Å². The maximum absolute atomic E-state index is 13.3. The molecule has 2 fully saturated rings. The normalized spacial score (nSPS) is 28.2. The van der Waals surface area contributed by atoms with Gasteiger partial charge in [0.1, 0.15) is 17.6 Å². The van der Waals surface area contributed by atoms with Gasteiger partial charge in [0.2, 0.25) is 11.8 Å². The van der Waals surface area contributed by atoms with Gasteiger partial charge >= 0.3 is 6.03 Å². The molecule has 1 aliphatic carbocycles. The van der Waals surface area contributed by atoms with Gasteiger partial charge in [-0.3, -0.25) is 24.2 Å². The van der Waals surface area contributed by atoms with Crippen molar-refractivity contribution in [1.82, 2.24) is 10.2 Å². The molecule has 1 aromatic carbocycles. The molecule has 1 saturated carbocycles. The standard InChI is InChI=1S/C21H26N4O4/c1-13-8-6-7-11-21(13)18(28)24(19(29)23-21)12-16(26)25-15-10-5-4-9-14(15)22-17(27)20(25,2)3/h4-5,9-10,13H,6-8,11-12H2,1-3H3,(H,22,27)(H,23,29)/t13-,21+/m0/s1. The van der Waals surface area contributed by atoms with Crippen LogP contribution in [0.25, 0.3) is 0 Å². The van der Waals surface area contributed by atoms with Crippen molar-refractivity contribution in [3.63, 3.8) is 0 Å². The Kier molecular flexibility index (Phi) is 4.40. The van der Waals surface area contributed by atoms with Crippen molar-refractivity contribution in [3.05, 3.63) is 24.3 Å². The molecule has 1 spiro atoms. The summed E-state index contributed by atoms with van der Waals surface area (Å²) < 4.78 is 0. The Hall–Kier alpha value is -2.90. The molecule has 3 aliphatic rings. The number of carbonyl (C=O) groups is 4. The average molecular weight is 398 g/mol. The third-order valence-corrected chi connectivity index (χ3v) is 6.55. The highest BCUT2D eigenvalue weighted by Crippen LogP contribution is 2.39. The topological polar surface area (TPSA) is 98.8 Å². The summed E-state index contributed by atoms with van der Waals surface area (Å²) in [5.74, 6) is -1.11. The van der Waals surface area contributed by atoms with E-state index in [4.69, 9.17) is 0 Å². The molecule has 2 heterocycles. The Labute approximate surface area is 169 Å². The van der Waals surface area contributed by atoms with E-state index in [1.165, 1.54) is 4.90 Å². The minimum Gasteiger partial charge on any atom is -0.323 e. The lowest BCUT2D eigenvalue weighted by atomic mass is 9.73. The van der Waals surface area contributed by atoms with Crippen molar-refractivity contribution in [2.75, 3.05) is 16.8 Å². The predicted octanol–water partition coefficient (Wildman–Crippen LogP) is 2.25. The largest absolute Gasteiger partial charge is 0.325 e. The van der Waals surface area contributed by atoms with Crippen LogP contribution in [0.5, 0.6) is 0 Å². The molecule has 0 radical (unpaired) electrons. The lowest BCUT2D eigenvalue weighted by Gasteiger charge is -2.42. The van der Waals surface area contributed by atoms with Gasteiger partial charge in [-0.15, -0.1) is 0 Å². The summed E-state index contributed by atoms with van der Waals surface area (Å²) >= 11 is 0. The van der Waals surface area contributed by atoms with Gasteiger partial charge in [0.05, 0.1) is 11.4 Å². The van der Waals surface area contributed by atoms with Crippen molar-refractivity contribution >= 4 is 35.1 Å². The van der Waals surface area contributed by atoms with Gasteiger partial charge < -0.3 is 10.6 Å². The van der Waals surface area contributed by atoms with E-state index in [0.717, 1.165) is 24.2 Å². The van der Waals surface area contributed by atoms with Crippen LogP contribution in [0.3, 0.4) is 0 Å². The monoisotopic (exact) mass is 398 g/mol. The summed E-state index contributed by atoms with van der Waals surface area (Å²) in [5.41, 5.74) is -0.988. The highest BCUT2D eigenvalue weighted by atomic mass is 16.2. The van der Waals surface area contributed by atoms with Gasteiger partial charge in [-0.2, -0.15) is 0 Å². The Morgan fingerprint density at radius 1 is 1.17 bits per heavy atom. The lowest BCUT2D eigenvalue weighted by molar-refractivity contribution is -0.137. The number of para-hydroxylation sites is 2. The molecule has 2 atom stereocenters. The summed E-state index contributed by atoms with van der Waals surface area (Å²) in [6, 6.07) is 6.47. The van der Waals surface area contributed by atoms with E-state index < -0.39 is 29.6 Å². The fraction of sp³-hybridized carbons (Fsp3) is 0.524. The summed E-state index contributed by atoms with van der Waals surface area (Å²) in [4.78, 5) is 54.1. The van der Waals surface area contributed by atoms with E-state index in [1.807, 2.05) is 6.92 Å². The third kappa shape index (κ3) is 2.81. The Morgan fingerprint density at radius 2 is 1.90 bits per heavy atom. The first-order valence-corrected chi connectivity index (χ1v) is 10.1. The van der Waals surface area contributed by atoms with E-state index in [-0.39, 0.29) is 17.7 Å². The average Bonchev–Trinajstić information content (AvgIpc) is 2.90. The highest BCUT2D eigenvalue weighted by Gasteiger charge is 2.56. The molecule has 2 aliphatic heterocycles. The fourth-order valence-corrected chi connectivity index (χ4v) is 4.74. The van der Waals surface area contributed by atoms with Crippen molar-refractivity contribution in [1.29, 1.82) is 0 Å². The number of rotatable bonds is 2. The zero-order chi connectivity index (χ0) is 21.0. The van der Waals surface area contributed by atoms with E-state index in [2.05, 4.69) is 10.6 Å². The van der Waals surface area contributed by atoms with Crippen molar-refractivity contribution in [2.24, 2.45) is 5.92 Å². The number of hydrogen-bond donors (Lipinski definition) is 2. The minimum absolute atomic E-state index is 0.0192. The molecule has 4 rings (SSSR count).